The van der Waals surface area contributed by atoms with Crippen LogP contribution in [0, 0.1) is 5.82 Å². The zero-order chi connectivity index (χ0) is 19.5. The van der Waals surface area contributed by atoms with Gasteiger partial charge in [-0.25, -0.2) is 4.39 Å². The molecule has 3 aromatic rings. The van der Waals surface area contributed by atoms with Gasteiger partial charge in [0, 0.05) is 18.7 Å². The Bertz CT molecular complexity index is 1020. The zero-order valence-corrected chi connectivity index (χ0v) is 15.1. The number of piperazine rings is 1. The number of carbonyl (C=O) groups is 2. The molecule has 140 valence electrons. The molecule has 5 heteroatoms. The van der Waals surface area contributed by atoms with Gasteiger partial charge in [0.2, 0.25) is 5.91 Å². The summed E-state index contributed by atoms with van der Waals surface area (Å²) in [5.41, 5.74) is 2.71. The van der Waals surface area contributed by atoms with Crippen LogP contribution in [-0.2, 0) is 4.79 Å². The molecule has 3 aromatic carbocycles. The molecule has 0 radical (unpaired) electrons. The Morgan fingerprint density at radius 2 is 1.71 bits per heavy atom. The number of rotatable bonds is 3. The van der Waals surface area contributed by atoms with E-state index in [1.165, 1.54) is 17.0 Å². The lowest BCUT2D eigenvalue weighted by atomic mass is 9.96. The first-order chi connectivity index (χ1) is 13.6. The summed E-state index contributed by atoms with van der Waals surface area (Å²) in [6, 6.07) is 22.0. The summed E-state index contributed by atoms with van der Waals surface area (Å²) < 4.78 is 13.8. The number of halogens is 1. The van der Waals surface area contributed by atoms with Crippen molar-refractivity contribution in [1.82, 2.24) is 10.2 Å². The number of carbonyl (C=O) groups excluding carboxylic acids is 2. The standard InChI is InChI=1S/C23H19FN2O2/c24-18-10-6-9-17(15-18)21-22(27)25-13-14-26(21)23(28)20-12-5-4-11-19(20)16-7-2-1-3-8-16/h1-12,15,21H,13-14H2,(H,25,27)/t21-/m0/s1. The summed E-state index contributed by atoms with van der Waals surface area (Å²) in [4.78, 5) is 27.6. The molecule has 0 saturated carbocycles. The van der Waals surface area contributed by atoms with Gasteiger partial charge in [-0.05, 0) is 34.9 Å². The zero-order valence-electron chi connectivity index (χ0n) is 15.1. The van der Waals surface area contributed by atoms with E-state index >= 15 is 0 Å². The third kappa shape index (κ3) is 3.39. The third-order valence-electron chi connectivity index (χ3n) is 4.88. The van der Waals surface area contributed by atoms with Crippen molar-refractivity contribution in [3.63, 3.8) is 0 Å². The average molecular weight is 374 g/mol. The molecule has 1 fully saturated rings. The minimum atomic E-state index is -0.860. The molecule has 1 saturated heterocycles. The highest BCUT2D eigenvalue weighted by molar-refractivity contribution is 6.03. The molecule has 1 atom stereocenters. The number of amides is 2. The minimum absolute atomic E-state index is 0.247. The van der Waals surface area contributed by atoms with E-state index in [9.17, 15) is 14.0 Å². The van der Waals surface area contributed by atoms with E-state index < -0.39 is 11.9 Å². The SMILES string of the molecule is O=C1NCCN(C(=O)c2ccccc2-c2ccccc2)[C@H]1c1cccc(F)c1. The van der Waals surface area contributed by atoms with Crippen LogP contribution < -0.4 is 5.32 Å². The van der Waals surface area contributed by atoms with Crippen molar-refractivity contribution in [3.8, 4) is 11.1 Å². The molecule has 1 heterocycles. The molecular weight excluding hydrogens is 355 g/mol. The Hall–Kier alpha value is -3.47. The molecule has 0 unspecified atom stereocenters. The van der Waals surface area contributed by atoms with Gasteiger partial charge in [-0.15, -0.1) is 0 Å². The Morgan fingerprint density at radius 1 is 0.964 bits per heavy atom. The summed E-state index contributed by atoms with van der Waals surface area (Å²) in [5.74, 6) is -0.987. The van der Waals surface area contributed by atoms with E-state index in [2.05, 4.69) is 5.32 Å². The molecular formula is C23H19FN2O2. The molecule has 0 spiro atoms. The highest BCUT2D eigenvalue weighted by Gasteiger charge is 2.35. The number of hydrogen-bond donors (Lipinski definition) is 1. The maximum absolute atomic E-state index is 13.8. The fourth-order valence-electron chi connectivity index (χ4n) is 3.59. The van der Waals surface area contributed by atoms with Gasteiger partial charge in [-0.3, -0.25) is 9.59 Å². The molecule has 4 nitrogen and oxygen atoms in total. The quantitative estimate of drug-likeness (QED) is 0.758. The monoisotopic (exact) mass is 374 g/mol. The van der Waals surface area contributed by atoms with Gasteiger partial charge in [0.25, 0.3) is 5.91 Å². The maximum atomic E-state index is 13.8. The van der Waals surface area contributed by atoms with Crippen LogP contribution in [0.15, 0.2) is 78.9 Å². The van der Waals surface area contributed by atoms with Crippen molar-refractivity contribution in [3.05, 3.63) is 95.8 Å². The van der Waals surface area contributed by atoms with E-state index in [1.54, 1.807) is 24.3 Å². The topological polar surface area (TPSA) is 49.4 Å². The fraction of sp³-hybridized carbons (Fsp3) is 0.130. The largest absolute Gasteiger partial charge is 0.352 e. The first kappa shape index (κ1) is 17.9. The van der Waals surface area contributed by atoms with Gasteiger partial charge in [0.1, 0.15) is 11.9 Å². The van der Waals surface area contributed by atoms with Crippen LogP contribution in [0.25, 0.3) is 11.1 Å². The molecule has 1 aliphatic heterocycles. The van der Waals surface area contributed by atoms with E-state index in [0.29, 0.717) is 24.2 Å². The summed E-state index contributed by atoms with van der Waals surface area (Å²) >= 11 is 0. The summed E-state index contributed by atoms with van der Waals surface area (Å²) in [6.45, 7) is 0.721. The fourth-order valence-corrected chi connectivity index (χ4v) is 3.59. The predicted molar refractivity (Wildman–Crippen MR) is 105 cm³/mol. The van der Waals surface area contributed by atoms with E-state index in [0.717, 1.165) is 11.1 Å². The highest BCUT2D eigenvalue weighted by atomic mass is 19.1. The van der Waals surface area contributed by atoms with Crippen LogP contribution in [0.5, 0.6) is 0 Å². The lowest BCUT2D eigenvalue weighted by Crippen LogP contribution is -2.52. The summed E-state index contributed by atoms with van der Waals surface area (Å²) in [7, 11) is 0. The van der Waals surface area contributed by atoms with Gasteiger partial charge < -0.3 is 10.2 Å². The van der Waals surface area contributed by atoms with Crippen molar-refractivity contribution in [2.24, 2.45) is 0 Å². The van der Waals surface area contributed by atoms with E-state index in [4.69, 9.17) is 0 Å². The van der Waals surface area contributed by atoms with Crippen LogP contribution in [0.4, 0.5) is 4.39 Å². The molecule has 0 aromatic heterocycles. The van der Waals surface area contributed by atoms with Gasteiger partial charge in [0.05, 0.1) is 0 Å². The molecule has 1 N–H and O–H groups in total. The minimum Gasteiger partial charge on any atom is -0.352 e. The van der Waals surface area contributed by atoms with Crippen LogP contribution in [0.2, 0.25) is 0 Å². The lowest BCUT2D eigenvalue weighted by Gasteiger charge is -2.35. The smallest absolute Gasteiger partial charge is 0.255 e. The van der Waals surface area contributed by atoms with Crippen LogP contribution in [0.1, 0.15) is 22.0 Å². The average Bonchev–Trinajstić information content (AvgIpc) is 2.73. The molecule has 0 bridgehead atoms. The number of nitrogens with zero attached hydrogens (tertiary/aromatic N) is 1. The number of nitrogens with one attached hydrogen (secondary N) is 1. The first-order valence-electron chi connectivity index (χ1n) is 9.14. The Balaban J connectivity index is 1.76. The van der Waals surface area contributed by atoms with Crippen molar-refractivity contribution in [2.75, 3.05) is 13.1 Å². The second-order valence-electron chi connectivity index (χ2n) is 6.66. The Kier molecular flexibility index (Phi) is 4.89. The highest BCUT2D eigenvalue weighted by Crippen LogP contribution is 2.29. The lowest BCUT2D eigenvalue weighted by molar-refractivity contribution is -0.128. The second kappa shape index (κ2) is 7.64. The van der Waals surface area contributed by atoms with Crippen LogP contribution in [0.3, 0.4) is 0 Å². The van der Waals surface area contributed by atoms with Gasteiger partial charge in [0.15, 0.2) is 0 Å². The molecule has 28 heavy (non-hydrogen) atoms. The van der Waals surface area contributed by atoms with Crippen molar-refractivity contribution >= 4 is 11.8 Å². The number of hydrogen-bond acceptors (Lipinski definition) is 2. The Labute approximate surface area is 162 Å². The predicted octanol–water partition coefficient (Wildman–Crippen LogP) is 3.81. The normalized spacial score (nSPS) is 16.5. The summed E-state index contributed by atoms with van der Waals surface area (Å²) in [5, 5.41) is 2.78. The molecule has 0 aliphatic carbocycles. The van der Waals surface area contributed by atoms with E-state index in [1.807, 2.05) is 42.5 Å². The van der Waals surface area contributed by atoms with Crippen LogP contribution in [-0.4, -0.2) is 29.8 Å². The van der Waals surface area contributed by atoms with Gasteiger partial charge in [-0.1, -0.05) is 60.7 Å². The molecule has 4 rings (SSSR count). The Morgan fingerprint density at radius 3 is 2.50 bits per heavy atom. The van der Waals surface area contributed by atoms with Gasteiger partial charge >= 0.3 is 0 Å². The third-order valence-corrected chi connectivity index (χ3v) is 4.88. The maximum Gasteiger partial charge on any atom is 0.255 e. The second-order valence-corrected chi connectivity index (χ2v) is 6.66. The molecule has 1 aliphatic rings. The van der Waals surface area contributed by atoms with Crippen molar-refractivity contribution in [2.45, 2.75) is 6.04 Å². The number of benzene rings is 3. The van der Waals surface area contributed by atoms with Gasteiger partial charge in [-0.2, -0.15) is 0 Å². The summed E-state index contributed by atoms with van der Waals surface area (Å²) in [6.07, 6.45) is 0. The van der Waals surface area contributed by atoms with E-state index in [-0.39, 0.29) is 11.8 Å². The first-order valence-corrected chi connectivity index (χ1v) is 9.14. The van der Waals surface area contributed by atoms with Crippen LogP contribution >= 0.6 is 0 Å². The van der Waals surface area contributed by atoms with Crippen molar-refractivity contribution < 1.29 is 14.0 Å². The molecule has 2 amide bonds. The van der Waals surface area contributed by atoms with Crippen molar-refractivity contribution in [1.29, 1.82) is 0 Å².